The fraction of sp³-hybridized carbons (Fsp3) is 0.417. The highest BCUT2D eigenvalue weighted by Crippen LogP contribution is 2.15. The number of hydrogen-bond donors (Lipinski definition) is 2. The minimum Gasteiger partial charge on any atom is -0.478 e. The Hall–Kier alpha value is -1.35. The zero-order valence-electron chi connectivity index (χ0n) is 8.57. The third kappa shape index (κ3) is 2.57. The second kappa shape index (κ2) is 4.45. The summed E-state index contributed by atoms with van der Waals surface area (Å²) in [7, 11) is 0. The third-order valence-electron chi connectivity index (χ3n) is 2.89. The minimum atomic E-state index is -0.857. The number of carboxylic acids is 1. The second-order valence-electron chi connectivity index (χ2n) is 4.07. The lowest BCUT2D eigenvalue weighted by atomic mass is 9.98. The number of carboxylic acid groups (broad SMARTS) is 1. The first-order valence-corrected chi connectivity index (χ1v) is 5.28. The van der Waals surface area contributed by atoms with E-state index in [2.05, 4.69) is 5.32 Å². The Morgan fingerprint density at radius 2 is 2.13 bits per heavy atom. The summed E-state index contributed by atoms with van der Waals surface area (Å²) in [6.07, 6.45) is 2.27. The molecule has 0 spiro atoms. The molecule has 1 aliphatic rings. The van der Waals surface area contributed by atoms with Crippen molar-refractivity contribution in [1.82, 2.24) is 5.32 Å². The average molecular weight is 205 g/mol. The molecule has 0 aromatic heterocycles. The van der Waals surface area contributed by atoms with Gasteiger partial charge >= 0.3 is 5.97 Å². The van der Waals surface area contributed by atoms with Crippen molar-refractivity contribution in [1.29, 1.82) is 0 Å². The molecular formula is C12H15NO2. The molecule has 2 N–H and O–H groups in total. The van der Waals surface area contributed by atoms with E-state index in [0.717, 1.165) is 19.5 Å². The van der Waals surface area contributed by atoms with E-state index in [0.29, 0.717) is 11.5 Å². The van der Waals surface area contributed by atoms with E-state index in [9.17, 15) is 4.79 Å². The maximum Gasteiger partial charge on any atom is 0.335 e. The van der Waals surface area contributed by atoms with Gasteiger partial charge in [-0.15, -0.1) is 0 Å². The first kappa shape index (κ1) is 10.2. The van der Waals surface area contributed by atoms with Gasteiger partial charge in [0.1, 0.15) is 0 Å². The number of hydrogen-bond acceptors (Lipinski definition) is 2. The van der Waals surface area contributed by atoms with Gasteiger partial charge in [-0.05, 0) is 49.5 Å². The number of rotatable bonds is 3. The van der Waals surface area contributed by atoms with Crippen LogP contribution >= 0.6 is 0 Å². The summed E-state index contributed by atoms with van der Waals surface area (Å²) in [6, 6.07) is 7.20. The van der Waals surface area contributed by atoms with Gasteiger partial charge in [-0.25, -0.2) is 4.79 Å². The first-order valence-electron chi connectivity index (χ1n) is 5.28. The molecule has 1 aromatic carbocycles. The van der Waals surface area contributed by atoms with Crippen LogP contribution in [0.25, 0.3) is 0 Å². The van der Waals surface area contributed by atoms with Gasteiger partial charge < -0.3 is 10.4 Å². The maximum atomic E-state index is 10.6. The summed E-state index contributed by atoms with van der Waals surface area (Å²) in [5.74, 6) is -0.148. The number of nitrogens with one attached hydrogen (secondary N) is 1. The molecular weight excluding hydrogens is 190 g/mol. The molecule has 15 heavy (non-hydrogen) atoms. The Morgan fingerprint density at radius 1 is 1.40 bits per heavy atom. The lowest BCUT2D eigenvalue weighted by Crippen LogP contribution is -2.10. The van der Waals surface area contributed by atoms with Gasteiger partial charge in [-0.2, -0.15) is 0 Å². The van der Waals surface area contributed by atoms with E-state index in [1.807, 2.05) is 12.1 Å². The van der Waals surface area contributed by atoms with Gasteiger partial charge in [-0.3, -0.25) is 0 Å². The zero-order chi connectivity index (χ0) is 10.7. The van der Waals surface area contributed by atoms with Crippen molar-refractivity contribution in [2.24, 2.45) is 5.92 Å². The van der Waals surface area contributed by atoms with Crippen molar-refractivity contribution in [2.45, 2.75) is 12.8 Å². The van der Waals surface area contributed by atoms with E-state index in [1.165, 1.54) is 12.0 Å². The Bertz CT molecular complexity index is 339. The SMILES string of the molecule is O=C(O)c1ccc(CC2CCNC2)cc1. The highest BCUT2D eigenvalue weighted by molar-refractivity contribution is 5.87. The molecule has 80 valence electrons. The van der Waals surface area contributed by atoms with Crippen LogP contribution in [0.1, 0.15) is 22.3 Å². The lowest BCUT2D eigenvalue weighted by molar-refractivity contribution is 0.0697. The Labute approximate surface area is 89.1 Å². The maximum absolute atomic E-state index is 10.6. The molecule has 0 amide bonds. The molecule has 3 heteroatoms. The number of carbonyl (C=O) groups is 1. The van der Waals surface area contributed by atoms with E-state index in [-0.39, 0.29) is 0 Å². The van der Waals surface area contributed by atoms with E-state index < -0.39 is 5.97 Å². The van der Waals surface area contributed by atoms with Crippen LogP contribution in [0.15, 0.2) is 24.3 Å². The fourth-order valence-corrected chi connectivity index (χ4v) is 2.01. The summed E-state index contributed by atoms with van der Waals surface area (Å²) in [6.45, 7) is 2.19. The van der Waals surface area contributed by atoms with Crippen molar-refractivity contribution < 1.29 is 9.90 Å². The van der Waals surface area contributed by atoms with Crippen molar-refractivity contribution in [3.8, 4) is 0 Å². The monoisotopic (exact) mass is 205 g/mol. The molecule has 1 atom stereocenters. The normalized spacial score (nSPS) is 20.4. The molecule has 2 rings (SSSR count). The van der Waals surface area contributed by atoms with Gasteiger partial charge in [-0.1, -0.05) is 12.1 Å². The molecule has 1 fully saturated rings. The molecule has 1 heterocycles. The van der Waals surface area contributed by atoms with Crippen LogP contribution in [-0.4, -0.2) is 24.2 Å². The highest BCUT2D eigenvalue weighted by atomic mass is 16.4. The Morgan fingerprint density at radius 3 is 2.67 bits per heavy atom. The quantitative estimate of drug-likeness (QED) is 0.787. The Kier molecular flexibility index (Phi) is 3.02. The molecule has 0 aliphatic carbocycles. The molecule has 1 aromatic rings. The summed E-state index contributed by atoms with van der Waals surface area (Å²) in [5, 5.41) is 12.1. The molecule has 0 saturated carbocycles. The third-order valence-corrected chi connectivity index (χ3v) is 2.89. The van der Waals surface area contributed by atoms with Crippen molar-refractivity contribution in [3.05, 3.63) is 35.4 Å². The van der Waals surface area contributed by atoms with Gasteiger partial charge in [0.05, 0.1) is 5.56 Å². The number of aromatic carboxylic acids is 1. The van der Waals surface area contributed by atoms with E-state index in [4.69, 9.17) is 5.11 Å². The zero-order valence-corrected chi connectivity index (χ0v) is 8.57. The van der Waals surface area contributed by atoms with Gasteiger partial charge in [0.2, 0.25) is 0 Å². The topological polar surface area (TPSA) is 49.3 Å². The van der Waals surface area contributed by atoms with E-state index >= 15 is 0 Å². The fourth-order valence-electron chi connectivity index (χ4n) is 2.01. The standard InChI is InChI=1S/C12H15NO2/c14-12(15)11-3-1-9(2-4-11)7-10-5-6-13-8-10/h1-4,10,13H,5-8H2,(H,14,15). The highest BCUT2D eigenvalue weighted by Gasteiger charge is 2.14. The van der Waals surface area contributed by atoms with Gasteiger partial charge in [0.15, 0.2) is 0 Å². The van der Waals surface area contributed by atoms with Crippen LogP contribution < -0.4 is 5.32 Å². The van der Waals surface area contributed by atoms with Crippen LogP contribution in [0.2, 0.25) is 0 Å². The van der Waals surface area contributed by atoms with Crippen LogP contribution in [0, 0.1) is 5.92 Å². The second-order valence-corrected chi connectivity index (χ2v) is 4.07. The molecule has 1 saturated heterocycles. The van der Waals surface area contributed by atoms with Gasteiger partial charge in [0.25, 0.3) is 0 Å². The predicted molar refractivity (Wildman–Crippen MR) is 58.1 cm³/mol. The van der Waals surface area contributed by atoms with Crippen molar-refractivity contribution in [3.63, 3.8) is 0 Å². The average Bonchev–Trinajstić information content (AvgIpc) is 2.71. The van der Waals surface area contributed by atoms with Crippen molar-refractivity contribution >= 4 is 5.97 Å². The minimum absolute atomic E-state index is 0.364. The Balaban J connectivity index is 2.00. The predicted octanol–water partition coefficient (Wildman–Crippen LogP) is 1.54. The van der Waals surface area contributed by atoms with Gasteiger partial charge in [0, 0.05) is 0 Å². The molecule has 0 bridgehead atoms. The molecule has 1 unspecified atom stereocenters. The summed E-state index contributed by atoms with van der Waals surface area (Å²) >= 11 is 0. The molecule has 0 radical (unpaired) electrons. The lowest BCUT2D eigenvalue weighted by Gasteiger charge is -2.07. The molecule has 1 aliphatic heterocycles. The van der Waals surface area contributed by atoms with Crippen molar-refractivity contribution in [2.75, 3.05) is 13.1 Å². The van der Waals surface area contributed by atoms with Crippen LogP contribution in [0.4, 0.5) is 0 Å². The summed E-state index contributed by atoms with van der Waals surface area (Å²) < 4.78 is 0. The smallest absolute Gasteiger partial charge is 0.335 e. The first-order chi connectivity index (χ1) is 7.25. The number of benzene rings is 1. The van der Waals surface area contributed by atoms with Crippen LogP contribution in [0.5, 0.6) is 0 Å². The summed E-state index contributed by atoms with van der Waals surface area (Å²) in [5.41, 5.74) is 1.59. The largest absolute Gasteiger partial charge is 0.478 e. The summed E-state index contributed by atoms with van der Waals surface area (Å²) in [4.78, 5) is 10.6. The van der Waals surface area contributed by atoms with Crippen LogP contribution in [-0.2, 0) is 6.42 Å². The van der Waals surface area contributed by atoms with E-state index in [1.54, 1.807) is 12.1 Å². The van der Waals surface area contributed by atoms with Crippen LogP contribution in [0.3, 0.4) is 0 Å². The molecule has 3 nitrogen and oxygen atoms in total.